The molecule has 23 heavy (non-hydrogen) atoms. The Balaban J connectivity index is 2.13. The molecule has 0 saturated carbocycles. The van der Waals surface area contributed by atoms with Gasteiger partial charge in [0.1, 0.15) is 28.9 Å². The van der Waals surface area contributed by atoms with E-state index < -0.39 is 17.6 Å². The van der Waals surface area contributed by atoms with Gasteiger partial charge >= 0.3 is 6.18 Å². The predicted octanol–water partition coefficient (Wildman–Crippen LogP) is 3.95. The number of anilines is 1. The van der Waals surface area contributed by atoms with E-state index in [9.17, 15) is 17.6 Å². The highest BCUT2D eigenvalue weighted by atomic mass is 35.5. The largest absolute Gasteiger partial charge is 0.496 e. The molecule has 0 aliphatic carbocycles. The molecule has 0 fully saturated rings. The van der Waals surface area contributed by atoms with Crippen molar-refractivity contribution in [2.45, 2.75) is 12.6 Å². The van der Waals surface area contributed by atoms with Crippen LogP contribution in [-0.2, 0) is 12.6 Å². The van der Waals surface area contributed by atoms with Gasteiger partial charge in [-0.15, -0.1) is 0 Å². The lowest BCUT2D eigenvalue weighted by atomic mass is 10.1. The molecule has 0 aliphatic heterocycles. The summed E-state index contributed by atoms with van der Waals surface area (Å²) in [7, 11) is 1.19. The Morgan fingerprint density at radius 1 is 1.22 bits per heavy atom. The monoisotopic (exact) mass is 349 g/mol. The third-order valence-corrected chi connectivity index (χ3v) is 3.22. The number of nitrogens with one attached hydrogen (secondary N) is 1. The van der Waals surface area contributed by atoms with Crippen molar-refractivity contribution in [2.75, 3.05) is 19.0 Å². The maximum Gasteiger partial charge on any atom is 0.416 e. The second kappa shape index (κ2) is 6.99. The SMILES string of the molecule is COc1cc(C(F)(F)F)cc(F)c1CCNc1cc(Cl)ncn1. The van der Waals surface area contributed by atoms with E-state index in [0.29, 0.717) is 11.9 Å². The molecule has 1 N–H and O–H groups in total. The van der Waals surface area contributed by atoms with Crippen LogP contribution in [0.2, 0.25) is 5.15 Å². The van der Waals surface area contributed by atoms with Gasteiger partial charge in [-0.25, -0.2) is 14.4 Å². The normalized spacial score (nSPS) is 11.4. The molecule has 9 heteroatoms. The maximum atomic E-state index is 14.0. The standard InChI is InChI=1S/C14H12ClF4N3O/c1-23-11-5-8(14(17,18)19)4-10(16)9(11)2-3-20-13-6-12(15)21-7-22-13/h4-7H,2-3H2,1H3,(H,20,21,22). The van der Waals surface area contributed by atoms with Crippen LogP contribution in [0.5, 0.6) is 5.75 Å². The number of methoxy groups -OCH3 is 1. The zero-order chi connectivity index (χ0) is 17.0. The molecule has 0 aliphatic rings. The molecule has 1 aromatic heterocycles. The summed E-state index contributed by atoms with van der Waals surface area (Å²) in [5.41, 5.74) is -1.04. The minimum absolute atomic E-state index is 0.0492. The summed E-state index contributed by atoms with van der Waals surface area (Å²) in [5.74, 6) is -0.699. The summed E-state index contributed by atoms with van der Waals surface area (Å²) in [5, 5.41) is 3.11. The van der Waals surface area contributed by atoms with E-state index in [2.05, 4.69) is 15.3 Å². The lowest BCUT2D eigenvalue weighted by Crippen LogP contribution is -2.11. The lowest BCUT2D eigenvalue weighted by molar-refractivity contribution is -0.137. The van der Waals surface area contributed by atoms with Gasteiger partial charge in [-0.2, -0.15) is 13.2 Å². The number of hydrogen-bond donors (Lipinski definition) is 1. The van der Waals surface area contributed by atoms with E-state index in [1.807, 2.05) is 0 Å². The number of alkyl halides is 3. The molecule has 2 aromatic rings. The average molecular weight is 350 g/mol. The van der Waals surface area contributed by atoms with Gasteiger partial charge in [0.15, 0.2) is 0 Å². The average Bonchev–Trinajstić information content (AvgIpc) is 2.47. The first-order chi connectivity index (χ1) is 10.8. The van der Waals surface area contributed by atoms with Crippen molar-refractivity contribution < 1.29 is 22.3 Å². The highest BCUT2D eigenvalue weighted by Gasteiger charge is 2.32. The Kier molecular flexibility index (Phi) is 5.25. The van der Waals surface area contributed by atoms with E-state index in [0.717, 1.165) is 6.07 Å². The van der Waals surface area contributed by atoms with Crippen molar-refractivity contribution in [1.29, 1.82) is 0 Å². The van der Waals surface area contributed by atoms with Gasteiger partial charge in [-0.05, 0) is 18.6 Å². The third kappa shape index (κ3) is 4.44. The lowest BCUT2D eigenvalue weighted by Gasteiger charge is -2.14. The highest BCUT2D eigenvalue weighted by Crippen LogP contribution is 2.34. The number of ether oxygens (including phenoxy) is 1. The van der Waals surface area contributed by atoms with Crippen molar-refractivity contribution >= 4 is 17.4 Å². The van der Waals surface area contributed by atoms with Gasteiger partial charge in [-0.3, -0.25) is 0 Å². The molecule has 0 amide bonds. The Labute approximate surface area is 134 Å². The van der Waals surface area contributed by atoms with Crippen LogP contribution in [0.15, 0.2) is 24.5 Å². The van der Waals surface area contributed by atoms with Crippen LogP contribution in [0.4, 0.5) is 23.4 Å². The van der Waals surface area contributed by atoms with E-state index >= 15 is 0 Å². The smallest absolute Gasteiger partial charge is 0.416 e. The molecule has 2 rings (SSSR count). The summed E-state index contributed by atoms with van der Waals surface area (Å²) >= 11 is 5.70. The molecule has 0 bridgehead atoms. The minimum atomic E-state index is -4.64. The van der Waals surface area contributed by atoms with E-state index in [1.54, 1.807) is 0 Å². The van der Waals surface area contributed by atoms with Crippen LogP contribution in [0.25, 0.3) is 0 Å². The molecular formula is C14H12ClF4N3O. The number of halogens is 5. The fourth-order valence-corrected chi connectivity index (χ4v) is 2.09. The van der Waals surface area contributed by atoms with Crippen LogP contribution >= 0.6 is 11.6 Å². The van der Waals surface area contributed by atoms with Crippen molar-refractivity contribution in [2.24, 2.45) is 0 Å². The second-order valence-corrected chi connectivity index (χ2v) is 4.93. The fraction of sp³-hybridized carbons (Fsp3) is 0.286. The summed E-state index contributed by atoms with van der Waals surface area (Å²) in [6.45, 7) is 0.228. The third-order valence-electron chi connectivity index (χ3n) is 3.02. The quantitative estimate of drug-likeness (QED) is 0.656. The van der Waals surface area contributed by atoms with Crippen LogP contribution in [0.3, 0.4) is 0 Å². The molecule has 1 aromatic carbocycles. The topological polar surface area (TPSA) is 47.0 Å². The molecule has 0 saturated heterocycles. The Morgan fingerprint density at radius 3 is 2.57 bits per heavy atom. The van der Waals surface area contributed by atoms with Gasteiger partial charge in [0.05, 0.1) is 12.7 Å². The zero-order valence-electron chi connectivity index (χ0n) is 11.9. The van der Waals surface area contributed by atoms with Crippen LogP contribution in [0.1, 0.15) is 11.1 Å². The van der Waals surface area contributed by atoms with Crippen LogP contribution < -0.4 is 10.1 Å². The molecule has 0 atom stereocenters. The molecular weight excluding hydrogens is 338 g/mol. The summed E-state index contributed by atoms with van der Waals surface area (Å²) in [4.78, 5) is 7.61. The van der Waals surface area contributed by atoms with Crippen molar-refractivity contribution in [3.8, 4) is 5.75 Å². The molecule has 4 nitrogen and oxygen atoms in total. The maximum absolute atomic E-state index is 14.0. The van der Waals surface area contributed by atoms with Crippen LogP contribution in [-0.4, -0.2) is 23.6 Å². The van der Waals surface area contributed by atoms with Gasteiger partial charge in [0, 0.05) is 18.2 Å². The number of hydrogen-bond acceptors (Lipinski definition) is 4. The number of benzene rings is 1. The van der Waals surface area contributed by atoms with Crippen molar-refractivity contribution in [3.05, 3.63) is 46.6 Å². The van der Waals surface area contributed by atoms with E-state index in [4.69, 9.17) is 16.3 Å². The minimum Gasteiger partial charge on any atom is -0.496 e. The first kappa shape index (κ1) is 17.3. The first-order valence-corrected chi connectivity index (χ1v) is 6.84. The van der Waals surface area contributed by atoms with Gasteiger partial charge in [0.2, 0.25) is 0 Å². The summed E-state index contributed by atoms with van der Waals surface area (Å²) in [6, 6.07) is 2.71. The zero-order valence-corrected chi connectivity index (χ0v) is 12.7. The molecule has 0 spiro atoms. The second-order valence-electron chi connectivity index (χ2n) is 4.54. The highest BCUT2D eigenvalue weighted by molar-refractivity contribution is 6.29. The Bertz CT molecular complexity index is 694. The fourth-order valence-electron chi connectivity index (χ4n) is 1.95. The Morgan fingerprint density at radius 2 is 1.96 bits per heavy atom. The summed E-state index contributed by atoms with van der Waals surface area (Å²) in [6.07, 6.45) is -3.28. The summed E-state index contributed by atoms with van der Waals surface area (Å²) < 4.78 is 56.8. The number of aromatic nitrogens is 2. The van der Waals surface area contributed by atoms with Gasteiger partial charge < -0.3 is 10.1 Å². The van der Waals surface area contributed by atoms with Gasteiger partial charge in [0.25, 0.3) is 0 Å². The molecule has 0 radical (unpaired) electrons. The Hall–Kier alpha value is -2.09. The van der Waals surface area contributed by atoms with Crippen molar-refractivity contribution in [1.82, 2.24) is 9.97 Å². The predicted molar refractivity (Wildman–Crippen MR) is 77.2 cm³/mol. The molecule has 0 unspecified atom stereocenters. The number of nitrogens with zero attached hydrogens (tertiary/aromatic N) is 2. The van der Waals surface area contributed by atoms with E-state index in [1.165, 1.54) is 19.5 Å². The molecule has 1 heterocycles. The van der Waals surface area contributed by atoms with E-state index in [-0.39, 0.29) is 29.4 Å². The van der Waals surface area contributed by atoms with Crippen LogP contribution in [0, 0.1) is 5.82 Å². The van der Waals surface area contributed by atoms with Gasteiger partial charge in [-0.1, -0.05) is 11.6 Å². The number of rotatable bonds is 5. The first-order valence-electron chi connectivity index (χ1n) is 6.46. The van der Waals surface area contributed by atoms with Crippen molar-refractivity contribution in [3.63, 3.8) is 0 Å². The molecule has 124 valence electrons.